The second kappa shape index (κ2) is 10.1. The number of benzene rings is 3. The Morgan fingerprint density at radius 3 is 2.54 bits per heavy atom. The smallest absolute Gasteiger partial charge is 0.244 e. The van der Waals surface area contributed by atoms with Crippen molar-refractivity contribution in [3.8, 4) is 11.5 Å². The zero-order chi connectivity index (χ0) is 25.1. The fourth-order valence-electron chi connectivity index (χ4n) is 3.93. The van der Waals surface area contributed by atoms with Gasteiger partial charge in [0.05, 0.1) is 12.6 Å². The van der Waals surface area contributed by atoms with Crippen molar-refractivity contribution in [2.24, 2.45) is 5.10 Å². The molecule has 0 saturated heterocycles. The largest absolute Gasteiger partial charge is 0.504 e. The Labute approximate surface area is 204 Å². The van der Waals surface area contributed by atoms with Gasteiger partial charge in [0.25, 0.3) is 0 Å². The highest BCUT2D eigenvalue weighted by Crippen LogP contribution is 2.43. The molecule has 1 atom stereocenters. The fraction of sp³-hybridized carbons (Fsp3) is 0.111. The number of hydrogen-bond donors (Lipinski definition) is 3. The van der Waals surface area contributed by atoms with Crippen LogP contribution in [0.5, 0.6) is 11.5 Å². The van der Waals surface area contributed by atoms with Gasteiger partial charge in [0.1, 0.15) is 5.82 Å². The van der Waals surface area contributed by atoms with Crippen LogP contribution in [0.25, 0.3) is 17.2 Å². The van der Waals surface area contributed by atoms with Crippen molar-refractivity contribution < 1.29 is 23.6 Å². The molecular formula is C27H23FN2O4S. The molecule has 0 heterocycles. The van der Waals surface area contributed by atoms with E-state index in [0.717, 1.165) is 27.2 Å². The average Bonchev–Trinajstić information content (AvgIpc) is 3.07. The molecule has 0 spiro atoms. The zero-order valence-electron chi connectivity index (χ0n) is 19.1. The second-order valence-electron chi connectivity index (χ2n) is 8.06. The first kappa shape index (κ1) is 24.1. The maximum absolute atomic E-state index is 14.1. The van der Waals surface area contributed by atoms with E-state index in [0.29, 0.717) is 11.1 Å². The zero-order valence-corrected chi connectivity index (χ0v) is 19.9. The van der Waals surface area contributed by atoms with Crippen LogP contribution in [0.1, 0.15) is 35.6 Å². The highest BCUT2D eigenvalue weighted by molar-refractivity contribution is 7.84. The highest BCUT2D eigenvalue weighted by atomic mass is 32.2. The van der Waals surface area contributed by atoms with Crippen molar-refractivity contribution in [3.05, 3.63) is 94.3 Å². The van der Waals surface area contributed by atoms with E-state index in [4.69, 9.17) is 0 Å². The molecule has 4 rings (SSSR count). The molecule has 1 aliphatic rings. The Balaban J connectivity index is 1.59. The molecule has 0 bridgehead atoms. The van der Waals surface area contributed by atoms with Gasteiger partial charge < -0.3 is 10.2 Å². The summed E-state index contributed by atoms with van der Waals surface area (Å²) in [6, 6.07) is 16.3. The number of carbonyl (C=O) groups is 1. The number of rotatable bonds is 6. The number of hydrogen-bond acceptors (Lipinski definition) is 5. The quantitative estimate of drug-likeness (QED) is 0.262. The van der Waals surface area contributed by atoms with Crippen LogP contribution < -0.4 is 5.43 Å². The third kappa shape index (κ3) is 5.22. The SMILES string of the molecule is CC1=C(CC(=O)NN=Cc2cccc(O)c2O)c2cc(F)ccc2/C1=C\c1ccc(S(C)=O)cc1. The minimum absolute atomic E-state index is 0.0310. The molecule has 178 valence electrons. The van der Waals surface area contributed by atoms with Crippen LogP contribution in [0, 0.1) is 5.82 Å². The molecular weight excluding hydrogens is 467 g/mol. The molecule has 3 N–H and O–H groups in total. The van der Waals surface area contributed by atoms with Gasteiger partial charge in [-0.15, -0.1) is 0 Å². The summed E-state index contributed by atoms with van der Waals surface area (Å²) in [6.45, 7) is 1.88. The number of halogens is 1. The van der Waals surface area contributed by atoms with Crippen LogP contribution in [0.2, 0.25) is 0 Å². The van der Waals surface area contributed by atoms with Crippen LogP contribution in [0.4, 0.5) is 4.39 Å². The number of fused-ring (bicyclic) bond motifs is 1. The standard InChI is InChI=1S/C27H23FN2O4S/c1-16-22(12-17-6-9-20(10-7-17)35(2)34)21-11-8-19(28)13-24(21)23(16)14-26(32)30-29-15-18-4-3-5-25(31)27(18)33/h3-13,15,31,33H,14H2,1-2H3,(H,30,32)/b22-12-,29-15?. The lowest BCUT2D eigenvalue weighted by Gasteiger charge is -2.06. The summed E-state index contributed by atoms with van der Waals surface area (Å²) in [4.78, 5) is 13.4. The van der Waals surface area contributed by atoms with Crippen molar-refractivity contribution in [2.75, 3.05) is 6.26 Å². The van der Waals surface area contributed by atoms with Crippen molar-refractivity contribution >= 4 is 40.1 Å². The van der Waals surface area contributed by atoms with Gasteiger partial charge in [-0.3, -0.25) is 9.00 Å². The number of carbonyl (C=O) groups excluding carboxylic acids is 1. The molecule has 0 radical (unpaired) electrons. The van der Waals surface area contributed by atoms with Gasteiger partial charge in [0, 0.05) is 27.5 Å². The van der Waals surface area contributed by atoms with E-state index in [1.165, 1.54) is 30.5 Å². The first-order valence-corrected chi connectivity index (χ1v) is 12.3. The minimum Gasteiger partial charge on any atom is -0.504 e. The molecule has 8 heteroatoms. The Hall–Kier alpha value is -4.04. The number of amides is 1. The normalized spacial score (nSPS) is 15.0. The number of allylic oxidation sites excluding steroid dienone is 2. The van der Waals surface area contributed by atoms with Gasteiger partial charge in [-0.1, -0.05) is 24.3 Å². The number of nitrogens with one attached hydrogen (secondary N) is 1. The van der Waals surface area contributed by atoms with E-state index < -0.39 is 22.5 Å². The van der Waals surface area contributed by atoms with Crippen molar-refractivity contribution in [3.63, 3.8) is 0 Å². The van der Waals surface area contributed by atoms with Crippen LogP contribution in [-0.4, -0.2) is 32.8 Å². The molecule has 0 fully saturated rings. The number of phenolic OH excluding ortho intramolecular Hbond substituents is 2. The van der Waals surface area contributed by atoms with E-state index in [9.17, 15) is 23.6 Å². The molecule has 0 aromatic heterocycles. The highest BCUT2D eigenvalue weighted by Gasteiger charge is 2.25. The third-order valence-corrected chi connectivity index (χ3v) is 6.69. The molecule has 3 aromatic rings. The van der Waals surface area contributed by atoms with Crippen molar-refractivity contribution in [1.29, 1.82) is 0 Å². The average molecular weight is 491 g/mol. The van der Waals surface area contributed by atoms with E-state index in [-0.39, 0.29) is 23.5 Å². The van der Waals surface area contributed by atoms with E-state index in [2.05, 4.69) is 10.5 Å². The monoisotopic (exact) mass is 490 g/mol. The molecule has 1 aliphatic carbocycles. The summed E-state index contributed by atoms with van der Waals surface area (Å²) >= 11 is 0. The molecule has 6 nitrogen and oxygen atoms in total. The van der Waals surface area contributed by atoms with Crippen LogP contribution >= 0.6 is 0 Å². The lowest BCUT2D eigenvalue weighted by Crippen LogP contribution is -2.17. The Kier molecular flexibility index (Phi) is 6.93. The summed E-state index contributed by atoms with van der Waals surface area (Å²) < 4.78 is 25.8. The van der Waals surface area contributed by atoms with Crippen LogP contribution in [0.15, 0.2) is 76.2 Å². The predicted molar refractivity (Wildman–Crippen MR) is 136 cm³/mol. The Morgan fingerprint density at radius 1 is 1.09 bits per heavy atom. The summed E-state index contributed by atoms with van der Waals surface area (Å²) in [5.41, 5.74) is 7.43. The first-order valence-electron chi connectivity index (χ1n) is 10.7. The lowest BCUT2D eigenvalue weighted by molar-refractivity contribution is -0.120. The summed E-state index contributed by atoms with van der Waals surface area (Å²) in [6.07, 6.45) is 4.78. The van der Waals surface area contributed by atoms with Crippen molar-refractivity contribution in [2.45, 2.75) is 18.2 Å². The summed E-state index contributed by atoms with van der Waals surface area (Å²) in [7, 11) is -1.07. The van der Waals surface area contributed by atoms with Gasteiger partial charge >= 0.3 is 0 Å². The van der Waals surface area contributed by atoms with E-state index in [1.54, 1.807) is 30.5 Å². The fourth-order valence-corrected chi connectivity index (χ4v) is 4.45. The predicted octanol–water partition coefficient (Wildman–Crippen LogP) is 4.84. The van der Waals surface area contributed by atoms with Gasteiger partial charge in [0.2, 0.25) is 5.91 Å². The first-order chi connectivity index (χ1) is 16.7. The van der Waals surface area contributed by atoms with Gasteiger partial charge in [-0.2, -0.15) is 5.10 Å². The second-order valence-corrected chi connectivity index (χ2v) is 9.44. The van der Waals surface area contributed by atoms with E-state index >= 15 is 0 Å². The molecule has 3 aromatic carbocycles. The lowest BCUT2D eigenvalue weighted by atomic mass is 10.0. The molecule has 0 aliphatic heterocycles. The number of aromatic hydroxyl groups is 2. The summed E-state index contributed by atoms with van der Waals surface area (Å²) in [5, 5.41) is 23.3. The van der Waals surface area contributed by atoms with Gasteiger partial charge in [-0.05, 0) is 82.8 Å². The molecule has 1 unspecified atom stereocenters. The Bertz CT molecular complexity index is 1430. The minimum atomic E-state index is -1.07. The number of nitrogens with zero attached hydrogens (tertiary/aromatic N) is 1. The molecule has 1 amide bonds. The topological polar surface area (TPSA) is 99.0 Å². The molecule has 0 saturated carbocycles. The molecule has 35 heavy (non-hydrogen) atoms. The van der Waals surface area contributed by atoms with Crippen LogP contribution in [0.3, 0.4) is 0 Å². The maximum atomic E-state index is 14.1. The van der Waals surface area contributed by atoms with Crippen LogP contribution in [-0.2, 0) is 15.6 Å². The number of hydrazone groups is 1. The Morgan fingerprint density at radius 2 is 1.83 bits per heavy atom. The number of para-hydroxylation sites is 1. The van der Waals surface area contributed by atoms with Gasteiger partial charge in [-0.25, -0.2) is 9.82 Å². The number of phenols is 2. The summed E-state index contributed by atoms with van der Waals surface area (Å²) in [5.74, 6) is -1.44. The van der Waals surface area contributed by atoms with E-state index in [1.807, 2.05) is 25.1 Å². The third-order valence-electron chi connectivity index (χ3n) is 5.75. The van der Waals surface area contributed by atoms with Gasteiger partial charge in [0.15, 0.2) is 11.5 Å². The van der Waals surface area contributed by atoms with Crippen molar-refractivity contribution in [1.82, 2.24) is 5.43 Å². The maximum Gasteiger partial charge on any atom is 0.244 e.